The number of rotatable bonds is 4. The van der Waals surface area contributed by atoms with Crippen molar-refractivity contribution in [2.75, 3.05) is 9.80 Å². The quantitative estimate of drug-likeness (QED) is 0.183. The molecule has 1 aromatic heterocycles. The molecule has 0 spiro atoms. The first-order valence-electron chi connectivity index (χ1n) is 17.2. The highest BCUT2D eigenvalue weighted by Gasteiger charge is 2.47. The molecule has 4 heteroatoms. The number of nitrogens with zero attached hydrogens (tertiary/aromatic N) is 3. The first-order chi connectivity index (χ1) is 23.9. The Labute approximate surface area is 282 Å². The van der Waals surface area contributed by atoms with Gasteiger partial charge in [-0.3, -0.25) is 0 Å². The lowest BCUT2D eigenvalue weighted by Crippen LogP contribution is -2.63. The Morgan fingerprint density at radius 3 is 1.69 bits per heavy atom. The highest BCUT2D eigenvalue weighted by molar-refractivity contribution is 7.00. The average molecular weight is 616 g/mol. The minimum Gasteiger partial charge on any atom is -0.323 e. The summed E-state index contributed by atoms with van der Waals surface area (Å²) in [5.41, 5.74) is 18.3. The Kier molecular flexibility index (Phi) is 6.23. The van der Waals surface area contributed by atoms with Crippen molar-refractivity contribution in [3.05, 3.63) is 169 Å². The van der Waals surface area contributed by atoms with Crippen LogP contribution in [-0.2, 0) is 12.8 Å². The second-order valence-electron chi connectivity index (χ2n) is 13.2. The van der Waals surface area contributed by atoms with Crippen LogP contribution in [0.5, 0.6) is 0 Å². The molecule has 0 bridgehead atoms. The average Bonchev–Trinajstić information content (AvgIpc) is 3.51. The molecule has 1 aliphatic carbocycles. The van der Waals surface area contributed by atoms with Gasteiger partial charge in [0.1, 0.15) is 0 Å². The SMILES string of the molecule is c1ccc(-c2cc3c4c(c2)N(c2ccccc2)c2c5c(n(-c6ccccc6)c2B4c2ccccc2N3c2ccccc2)CCCC5)cc1. The molecule has 6 aromatic carbocycles. The van der Waals surface area contributed by atoms with E-state index in [9.17, 15) is 0 Å². The minimum atomic E-state index is 0.0664. The first kappa shape index (κ1) is 27.4. The molecule has 0 unspecified atom stereocenters. The van der Waals surface area contributed by atoms with Gasteiger partial charge in [-0.15, -0.1) is 0 Å². The zero-order chi connectivity index (χ0) is 31.6. The molecule has 0 saturated carbocycles. The zero-order valence-electron chi connectivity index (χ0n) is 26.8. The number of hydrogen-bond acceptors (Lipinski definition) is 2. The summed E-state index contributed by atoms with van der Waals surface area (Å²) >= 11 is 0. The van der Waals surface area contributed by atoms with Crippen LogP contribution in [0.3, 0.4) is 0 Å². The fourth-order valence-electron chi connectivity index (χ4n) is 8.60. The predicted octanol–water partition coefficient (Wildman–Crippen LogP) is 9.11. The Hall–Kier alpha value is -5.74. The van der Waals surface area contributed by atoms with Crippen molar-refractivity contribution in [1.82, 2.24) is 4.57 Å². The molecule has 48 heavy (non-hydrogen) atoms. The lowest BCUT2D eigenvalue weighted by molar-refractivity contribution is 0.664. The van der Waals surface area contributed by atoms with Crippen molar-refractivity contribution in [2.24, 2.45) is 0 Å². The summed E-state index contributed by atoms with van der Waals surface area (Å²) in [5.74, 6) is 0. The van der Waals surface area contributed by atoms with Gasteiger partial charge in [-0.25, -0.2) is 0 Å². The molecule has 3 heterocycles. The topological polar surface area (TPSA) is 11.4 Å². The van der Waals surface area contributed by atoms with E-state index in [1.165, 1.54) is 91.6 Å². The molecule has 3 nitrogen and oxygen atoms in total. The highest BCUT2D eigenvalue weighted by atomic mass is 15.2. The monoisotopic (exact) mass is 615 g/mol. The van der Waals surface area contributed by atoms with Crippen molar-refractivity contribution in [3.63, 3.8) is 0 Å². The van der Waals surface area contributed by atoms with E-state index in [0.29, 0.717) is 0 Å². The number of benzene rings is 6. The molecule has 2 aliphatic heterocycles. The summed E-state index contributed by atoms with van der Waals surface area (Å²) in [6.45, 7) is 0.0664. The van der Waals surface area contributed by atoms with E-state index in [2.05, 4.69) is 172 Å². The van der Waals surface area contributed by atoms with Crippen LogP contribution in [0.1, 0.15) is 24.1 Å². The minimum absolute atomic E-state index is 0.0664. The maximum Gasteiger partial charge on any atom is 0.273 e. The lowest BCUT2D eigenvalue weighted by atomic mass is 9.34. The van der Waals surface area contributed by atoms with E-state index in [0.717, 1.165) is 12.8 Å². The molecule has 0 radical (unpaired) electrons. The fraction of sp³-hybridized carbons (Fsp3) is 0.0909. The van der Waals surface area contributed by atoms with Crippen molar-refractivity contribution in [3.8, 4) is 16.8 Å². The molecule has 0 N–H and O–H groups in total. The van der Waals surface area contributed by atoms with Crippen LogP contribution in [0.25, 0.3) is 16.8 Å². The third-order valence-corrected chi connectivity index (χ3v) is 10.5. The van der Waals surface area contributed by atoms with E-state index >= 15 is 0 Å². The second-order valence-corrected chi connectivity index (χ2v) is 13.2. The highest BCUT2D eigenvalue weighted by Crippen LogP contribution is 2.48. The van der Waals surface area contributed by atoms with Gasteiger partial charge < -0.3 is 14.4 Å². The maximum atomic E-state index is 2.65. The molecule has 3 aliphatic rings. The van der Waals surface area contributed by atoms with Crippen molar-refractivity contribution < 1.29 is 0 Å². The predicted molar refractivity (Wildman–Crippen MR) is 202 cm³/mol. The summed E-state index contributed by atoms with van der Waals surface area (Å²) < 4.78 is 2.65. The smallest absolute Gasteiger partial charge is 0.273 e. The van der Waals surface area contributed by atoms with Crippen molar-refractivity contribution >= 4 is 57.4 Å². The van der Waals surface area contributed by atoms with Gasteiger partial charge in [-0.1, -0.05) is 103 Å². The largest absolute Gasteiger partial charge is 0.323 e. The number of para-hydroxylation sites is 4. The van der Waals surface area contributed by atoms with Gasteiger partial charge in [0.15, 0.2) is 0 Å². The number of fused-ring (bicyclic) bond motifs is 6. The third kappa shape index (κ3) is 4.02. The lowest BCUT2D eigenvalue weighted by Gasteiger charge is -2.44. The molecule has 0 fully saturated rings. The third-order valence-electron chi connectivity index (χ3n) is 10.5. The summed E-state index contributed by atoms with van der Waals surface area (Å²) in [7, 11) is 0. The van der Waals surface area contributed by atoms with Gasteiger partial charge in [-0.2, -0.15) is 0 Å². The van der Waals surface area contributed by atoms with Gasteiger partial charge in [0, 0.05) is 45.4 Å². The molecule has 10 rings (SSSR count). The van der Waals surface area contributed by atoms with Gasteiger partial charge in [0.05, 0.1) is 5.69 Å². The maximum absolute atomic E-state index is 2.65. The van der Waals surface area contributed by atoms with Crippen molar-refractivity contribution in [1.29, 1.82) is 0 Å². The van der Waals surface area contributed by atoms with Crippen LogP contribution in [0.2, 0.25) is 0 Å². The standard InChI is InChI=1S/C44H34BN3/c1-5-17-31(18-6-1)32-29-40-42-41(30-32)47(34-21-9-3-10-22-34)43-36-25-13-15-27-38(36)48(35-23-11-4-12-24-35)44(43)45(42)37-26-14-16-28-39(37)46(40)33-19-7-2-8-20-33/h1-12,14,16-24,26,28-30H,13,15,25,27H2. The summed E-state index contributed by atoms with van der Waals surface area (Å²) in [4.78, 5) is 5.11. The summed E-state index contributed by atoms with van der Waals surface area (Å²) in [6.07, 6.45) is 4.61. The number of aromatic nitrogens is 1. The summed E-state index contributed by atoms with van der Waals surface area (Å²) in [6, 6.07) is 58.0. The Morgan fingerprint density at radius 1 is 0.458 bits per heavy atom. The van der Waals surface area contributed by atoms with Crippen LogP contribution in [0, 0.1) is 0 Å². The molecule has 7 aromatic rings. The van der Waals surface area contributed by atoms with Crippen LogP contribution in [-0.4, -0.2) is 11.3 Å². The van der Waals surface area contributed by atoms with Gasteiger partial charge in [0.2, 0.25) is 0 Å². The molecule has 228 valence electrons. The number of anilines is 6. The van der Waals surface area contributed by atoms with E-state index in [1.54, 1.807) is 0 Å². The van der Waals surface area contributed by atoms with Gasteiger partial charge in [0.25, 0.3) is 6.71 Å². The second kappa shape index (κ2) is 10.9. The summed E-state index contributed by atoms with van der Waals surface area (Å²) in [5, 5.41) is 0. The molecular weight excluding hydrogens is 581 g/mol. The van der Waals surface area contributed by atoms with Crippen LogP contribution in [0.15, 0.2) is 158 Å². The normalized spacial score (nSPS) is 14.2. The van der Waals surface area contributed by atoms with Crippen molar-refractivity contribution in [2.45, 2.75) is 25.7 Å². The fourth-order valence-corrected chi connectivity index (χ4v) is 8.60. The van der Waals surface area contributed by atoms with Crippen LogP contribution >= 0.6 is 0 Å². The van der Waals surface area contributed by atoms with Crippen LogP contribution in [0.4, 0.5) is 34.1 Å². The molecular formula is C44H34BN3. The van der Waals surface area contributed by atoms with Gasteiger partial charge >= 0.3 is 0 Å². The first-order valence-corrected chi connectivity index (χ1v) is 17.2. The Morgan fingerprint density at radius 2 is 1.00 bits per heavy atom. The Bertz CT molecular complexity index is 2300. The van der Waals surface area contributed by atoms with E-state index < -0.39 is 0 Å². The van der Waals surface area contributed by atoms with E-state index in [-0.39, 0.29) is 6.71 Å². The van der Waals surface area contributed by atoms with E-state index in [1.807, 2.05) is 0 Å². The number of hydrogen-bond donors (Lipinski definition) is 0. The zero-order valence-corrected chi connectivity index (χ0v) is 26.8. The van der Waals surface area contributed by atoms with E-state index in [4.69, 9.17) is 0 Å². The van der Waals surface area contributed by atoms with Gasteiger partial charge in [-0.05, 0) is 108 Å². The molecule has 0 saturated heterocycles. The van der Waals surface area contributed by atoms with Crippen LogP contribution < -0.4 is 26.3 Å². The molecule has 0 amide bonds. The Balaban J connectivity index is 1.39. The molecule has 0 atom stereocenters.